The van der Waals surface area contributed by atoms with E-state index < -0.39 is 11.8 Å². The Balaban J connectivity index is 1.48. The summed E-state index contributed by atoms with van der Waals surface area (Å²) < 4.78 is 11.2. The lowest BCUT2D eigenvalue weighted by molar-refractivity contribution is -0.117. The van der Waals surface area contributed by atoms with Crippen molar-refractivity contribution in [2.24, 2.45) is 0 Å². The maximum atomic E-state index is 12.3. The molecule has 0 bridgehead atoms. The lowest BCUT2D eigenvalue weighted by atomic mass is 10.1. The van der Waals surface area contributed by atoms with Crippen molar-refractivity contribution >= 4 is 17.9 Å². The van der Waals surface area contributed by atoms with Gasteiger partial charge in [-0.05, 0) is 48.9 Å². The third-order valence-electron chi connectivity index (χ3n) is 4.30. The molecule has 0 spiro atoms. The smallest absolute Gasteiger partial charge is 0.269 e. The molecule has 0 saturated carbocycles. The number of para-hydroxylation sites is 2. The SMILES string of the molecule is CCOc1ccccc1/C=C/C(=O)NNC(=O)c1ccc(COc2ccccc2)cc1. The second kappa shape index (κ2) is 11.2. The van der Waals surface area contributed by atoms with Gasteiger partial charge in [-0.25, -0.2) is 0 Å². The summed E-state index contributed by atoms with van der Waals surface area (Å²) in [7, 11) is 0. The summed E-state index contributed by atoms with van der Waals surface area (Å²) in [6, 6.07) is 23.9. The second-order valence-corrected chi connectivity index (χ2v) is 6.55. The monoisotopic (exact) mass is 416 g/mol. The molecule has 0 aliphatic carbocycles. The van der Waals surface area contributed by atoms with Crippen molar-refractivity contribution in [1.29, 1.82) is 0 Å². The Morgan fingerprint density at radius 1 is 0.839 bits per heavy atom. The summed E-state index contributed by atoms with van der Waals surface area (Å²) in [5.41, 5.74) is 6.91. The highest BCUT2D eigenvalue weighted by molar-refractivity contribution is 5.98. The molecule has 3 rings (SSSR count). The zero-order valence-electron chi connectivity index (χ0n) is 17.2. The Kier molecular flexibility index (Phi) is 7.83. The predicted octanol–water partition coefficient (Wildman–Crippen LogP) is 4.14. The van der Waals surface area contributed by atoms with E-state index in [9.17, 15) is 9.59 Å². The second-order valence-electron chi connectivity index (χ2n) is 6.55. The molecule has 0 radical (unpaired) electrons. The molecule has 2 amide bonds. The summed E-state index contributed by atoms with van der Waals surface area (Å²) in [4.78, 5) is 24.3. The number of hydrazine groups is 1. The van der Waals surface area contributed by atoms with Gasteiger partial charge in [0.1, 0.15) is 18.1 Å². The molecule has 158 valence electrons. The molecule has 0 aromatic heterocycles. The largest absolute Gasteiger partial charge is 0.493 e. The molecule has 6 heteroatoms. The van der Waals surface area contributed by atoms with E-state index in [1.165, 1.54) is 6.08 Å². The topological polar surface area (TPSA) is 76.7 Å². The van der Waals surface area contributed by atoms with Crippen LogP contribution in [0.4, 0.5) is 0 Å². The minimum atomic E-state index is -0.451. The van der Waals surface area contributed by atoms with Crippen LogP contribution in [0.15, 0.2) is 84.9 Å². The van der Waals surface area contributed by atoms with Crippen LogP contribution in [0, 0.1) is 0 Å². The van der Waals surface area contributed by atoms with E-state index in [1.807, 2.05) is 73.7 Å². The van der Waals surface area contributed by atoms with E-state index in [-0.39, 0.29) is 0 Å². The Morgan fingerprint density at radius 3 is 2.29 bits per heavy atom. The average molecular weight is 416 g/mol. The van der Waals surface area contributed by atoms with Gasteiger partial charge in [-0.2, -0.15) is 0 Å². The van der Waals surface area contributed by atoms with Crippen LogP contribution in [0.2, 0.25) is 0 Å². The van der Waals surface area contributed by atoms with Gasteiger partial charge in [0.15, 0.2) is 0 Å². The van der Waals surface area contributed by atoms with Crippen molar-refractivity contribution in [3.8, 4) is 11.5 Å². The van der Waals surface area contributed by atoms with Crippen molar-refractivity contribution < 1.29 is 19.1 Å². The van der Waals surface area contributed by atoms with Crippen LogP contribution in [-0.4, -0.2) is 18.4 Å². The van der Waals surface area contributed by atoms with Gasteiger partial charge in [-0.3, -0.25) is 20.4 Å². The average Bonchev–Trinajstić information content (AvgIpc) is 2.82. The number of hydrogen-bond donors (Lipinski definition) is 2. The first-order valence-corrected chi connectivity index (χ1v) is 9.92. The third kappa shape index (κ3) is 6.75. The third-order valence-corrected chi connectivity index (χ3v) is 4.30. The van der Waals surface area contributed by atoms with Crippen LogP contribution in [0.25, 0.3) is 6.08 Å². The van der Waals surface area contributed by atoms with E-state index in [0.717, 1.165) is 16.9 Å². The van der Waals surface area contributed by atoms with E-state index in [0.29, 0.717) is 24.5 Å². The summed E-state index contributed by atoms with van der Waals surface area (Å²) in [5.74, 6) is 0.609. The zero-order valence-corrected chi connectivity index (χ0v) is 17.2. The molecule has 0 saturated heterocycles. The minimum Gasteiger partial charge on any atom is -0.493 e. The fraction of sp³-hybridized carbons (Fsp3) is 0.120. The van der Waals surface area contributed by atoms with Crippen LogP contribution >= 0.6 is 0 Å². The normalized spacial score (nSPS) is 10.5. The molecule has 0 unspecified atom stereocenters. The Hall–Kier alpha value is -4.06. The van der Waals surface area contributed by atoms with Gasteiger partial charge in [-0.15, -0.1) is 0 Å². The van der Waals surface area contributed by atoms with E-state index >= 15 is 0 Å². The van der Waals surface area contributed by atoms with E-state index in [2.05, 4.69) is 10.9 Å². The van der Waals surface area contributed by atoms with Crippen molar-refractivity contribution in [3.05, 3.63) is 102 Å². The first-order chi connectivity index (χ1) is 15.2. The van der Waals surface area contributed by atoms with Crippen LogP contribution < -0.4 is 20.3 Å². The maximum Gasteiger partial charge on any atom is 0.269 e. The van der Waals surface area contributed by atoms with Crippen molar-refractivity contribution in [3.63, 3.8) is 0 Å². The van der Waals surface area contributed by atoms with Crippen molar-refractivity contribution in [2.45, 2.75) is 13.5 Å². The van der Waals surface area contributed by atoms with Crippen LogP contribution in [0.5, 0.6) is 11.5 Å². The van der Waals surface area contributed by atoms with Gasteiger partial charge in [-0.1, -0.05) is 48.5 Å². The fourth-order valence-corrected chi connectivity index (χ4v) is 2.74. The minimum absolute atomic E-state index is 0.399. The standard InChI is InChI=1S/C25H24N2O4/c1-2-30-23-11-7-6-8-20(23)16-17-24(28)26-27-25(29)21-14-12-19(13-15-21)18-31-22-9-4-3-5-10-22/h3-17H,2,18H2,1H3,(H,26,28)(H,27,29)/b17-16+. The zero-order chi connectivity index (χ0) is 21.9. The number of benzene rings is 3. The van der Waals surface area contributed by atoms with Gasteiger partial charge in [0.25, 0.3) is 11.8 Å². The summed E-state index contributed by atoms with van der Waals surface area (Å²) in [6.07, 6.45) is 2.97. The predicted molar refractivity (Wildman–Crippen MR) is 119 cm³/mol. The number of carbonyl (C=O) groups is 2. The lowest BCUT2D eigenvalue weighted by Gasteiger charge is -2.08. The Labute approximate surface area is 181 Å². The summed E-state index contributed by atoms with van der Waals surface area (Å²) in [5, 5.41) is 0. The molecule has 6 nitrogen and oxygen atoms in total. The highest BCUT2D eigenvalue weighted by Crippen LogP contribution is 2.19. The van der Waals surface area contributed by atoms with Gasteiger partial charge >= 0.3 is 0 Å². The van der Waals surface area contributed by atoms with E-state index in [1.54, 1.807) is 18.2 Å². The van der Waals surface area contributed by atoms with Gasteiger partial charge in [0.05, 0.1) is 6.61 Å². The molecule has 2 N–H and O–H groups in total. The van der Waals surface area contributed by atoms with Crippen molar-refractivity contribution in [2.75, 3.05) is 6.61 Å². The van der Waals surface area contributed by atoms with Gasteiger partial charge < -0.3 is 9.47 Å². The number of nitrogens with one attached hydrogen (secondary N) is 2. The molecule has 0 fully saturated rings. The van der Waals surface area contributed by atoms with Gasteiger partial charge in [0.2, 0.25) is 0 Å². The molecule has 0 heterocycles. The highest BCUT2D eigenvalue weighted by Gasteiger charge is 2.07. The molecule has 31 heavy (non-hydrogen) atoms. The van der Waals surface area contributed by atoms with Crippen LogP contribution in [0.3, 0.4) is 0 Å². The van der Waals surface area contributed by atoms with E-state index in [4.69, 9.17) is 9.47 Å². The fourth-order valence-electron chi connectivity index (χ4n) is 2.74. The summed E-state index contributed by atoms with van der Waals surface area (Å²) in [6.45, 7) is 2.83. The molecule has 0 aliphatic heterocycles. The van der Waals surface area contributed by atoms with Crippen LogP contribution in [-0.2, 0) is 11.4 Å². The molecular formula is C25H24N2O4. The first kappa shape index (κ1) is 21.6. The molecule has 0 aliphatic rings. The quantitative estimate of drug-likeness (QED) is 0.427. The number of carbonyl (C=O) groups excluding carboxylic acids is 2. The molecule has 0 atom stereocenters. The highest BCUT2D eigenvalue weighted by atomic mass is 16.5. The summed E-state index contributed by atoms with van der Waals surface area (Å²) >= 11 is 0. The van der Waals surface area contributed by atoms with Crippen LogP contribution in [0.1, 0.15) is 28.4 Å². The number of rotatable bonds is 8. The number of hydrogen-bond acceptors (Lipinski definition) is 4. The Bertz CT molecular complexity index is 1030. The van der Waals surface area contributed by atoms with Gasteiger partial charge in [0, 0.05) is 17.2 Å². The van der Waals surface area contributed by atoms with Crippen molar-refractivity contribution in [1.82, 2.24) is 10.9 Å². The maximum absolute atomic E-state index is 12.3. The first-order valence-electron chi connectivity index (χ1n) is 9.92. The molecular weight excluding hydrogens is 392 g/mol. The molecule has 3 aromatic carbocycles. The number of ether oxygens (including phenoxy) is 2. The lowest BCUT2D eigenvalue weighted by Crippen LogP contribution is -2.40. The Morgan fingerprint density at radius 2 is 1.55 bits per heavy atom. The number of amides is 2. The molecule has 3 aromatic rings.